The van der Waals surface area contributed by atoms with Gasteiger partial charge in [0.25, 0.3) is 5.91 Å². The number of ether oxygens (including phenoxy) is 1. The third-order valence-corrected chi connectivity index (χ3v) is 2.71. The van der Waals surface area contributed by atoms with Crippen molar-refractivity contribution in [1.29, 1.82) is 0 Å². The lowest BCUT2D eigenvalue weighted by Crippen LogP contribution is -2.42. The molecule has 0 aliphatic rings. The maximum Gasteiger partial charge on any atom is 0.251 e. The molecule has 0 aliphatic carbocycles. The summed E-state index contributed by atoms with van der Waals surface area (Å²) in [6.45, 7) is 5.14. The molecule has 0 aromatic heterocycles. The van der Waals surface area contributed by atoms with Crippen molar-refractivity contribution in [3.05, 3.63) is 35.9 Å². The lowest BCUT2D eigenvalue weighted by molar-refractivity contribution is 0.0954. The van der Waals surface area contributed by atoms with Crippen molar-refractivity contribution in [2.24, 2.45) is 4.99 Å². The van der Waals surface area contributed by atoms with Gasteiger partial charge >= 0.3 is 0 Å². The number of carbonyl (C=O) groups is 1. The van der Waals surface area contributed by atoms with E-state index in [0.717, 1.165) is 0 Å². The zero-order valence-electron chi connectivity index (χ0n) is 12.7. The molecule has 6 nitrogen and oxygen atoms in total. The molecule has 6 heteroatoms. The summed E-state index contributed by atoms with van der Waals surface area (Å²) < 4.78 is 5.23. The van der Waals surface area contributed by atoms with Crippen LogP contribution in [0.1, 0.15) is 17.3 Å². The van der Waals surface area contributed by atoms with Gasteiger partial charge in [0.05, 0.1) is 6.61 Å². The first kappa shape index (κ1) is 17.0. The summed E-state index contributed by atoms with van der Waals surface area (Å²) in [5.41, 5.74) is 0.664. The van der Waals surface area contributed by atoms with Crippen LogP contribution in [-0.2, 0) is 4.74 Å². The van der Waals surface area contributed by atoms with Crippen molar-refractivity contribution in [2.75, 3.05) is 39.9 Å². The Kier molecular flexibility index (Phi) is 8.63. The van der Waals surface area contributed by atoms with Gasteiger partial charge in [-0.25, -0.2) is 0 Å². The van der Waals surface area contributed by atoms with Crippen molar-refractivity contribution in [3.63, 3.8) is 0 Å². The van der Waals surface area contributed by atoms with Crippen molar-refractivity contribution in [2.45, 2.75) is 6.92 Å². The minimum Gasteiger partial charge on any atom is -0.380 e. The Morgan fingerprint density at radius 2 is 1.76 bits per heavy atom. The highest BCUT2D eigenvalue weighted by Gasteiger charge is 2.03. The first-order chi connectivity index (χ1) is 10.3. The number of hydrogen-bond acceptors (Lipinski definition) is 3. The second-order valence-electron chi connectivity index (χ2n) is 4.24. The number of guanidine groups is 1. The molecule has 0 saturated heterocycles. The maximum atomic E-state index is 11.8. The molecule has 21 heavy (non-hydrogen) atoms. The van der Waals surface area contributed by atoms with Gasteiger partial charge < -0.3 is 20.7 Å². The molecule has 1 aromatic rings. The zero-order chi connectivity index (χ0) is 15.3. The zero-order valence-corrected chi connectivity index (χ0v) is 12.7. The molecule has 1 rings (SSSR count). The van der Waals surface area contributed by atoms with Gasteiger partial charge in [0.2, 0.25) is 0 Å². The van der Waals surface area contributed by atoms with Crippen LogP contribution in [0.3, 0.4) is 0 Å². The smallest absolute Gasteiger partial charge is 0.251 e. The molecule has 0 saturated carbocycles. The quantitative estimate of drug-likeness (QED) is 0.373. The molecule has 0 radical (unpaired) electrons. The van der Waals surface area contributed by atoms with E-state index in [4.69, 9.17) is 4.74 Å². The third kappa shape index (κ3) is 7.31. The summed E-state index contributed by atoms with van der Waals surface area (Å²) in [6.07, 6.45) is 0. The van der Waals surface area contributed by atoms with Crippen molar-refractivity contribution < 1.29 is 9.53 Å². The number of rotatable bonds is 8. The fourth-order valence-corrected chi connectivity index (χ4v) is 1.66. The number of nitrogens with one attached hydrogen (secondary N) is 3. The summed E-state index contributed by atoms with van der Waals surface area (Å²) in [6, 6.07) is 9.15. The monoisotopic (exact) mass is 292 g/mol. The molecule has 0 bridgehead atoms. The summed E-state index contributed by atoms with van der Waals surface area (Å²) >= 11 is 0. The van der Waals surface area contributed by atoms with E-state index < -0.39 is 0 Å². The highest BCUT2D eigenvalue weighted by Crippen LogP contribution is 1.96. The molecule has 1 amide bonds. The fourth-order valence-electron chi connectivity index (χ4n) is 1.66. The van der Waals surface area contributed by atoms with E-state index >= 15 is 0 Å². The van der Waals surface area contributed by atoms with Crippen molar-refractivity contribution >= 4 is 11.9 Å². The first-order valence-corrected chi connectivity index (χ1v) is 7.13. The molecule has 1 aromatic carbocycles. The largest absolute Gasteiger partial charge is 0.380 e. The van der Waals surface area contributed by atoms with Gasteiger partial charge in [-0.1, -0.05) is 18.2 Å². The van der Waals surface area contributed by atoms with Crippen LogP contribution in [-0.4, -0.2) is 51.8 Å². The molecule has 0 spiro atoms. The summed E-state index contributed by atoms with van der Waals surface area (Å²) in [5.74, 6) is 0.625. The van der Waals surface area contributed by atoms with Crippen LogP contribution in [0.4, 0.5) is 0 Å². The minimum absolute atomic E-state index is 0.0725. The lowest BCUT2D eigenvalue weighted by Gasteiger charge is -2.12. The van der Waals surface area contributed by atoms with E-state index in [9.17, 15) is 4.79 Å². The number of carbonyl (C=O) groups excluding carboxylic acids is 1. The third-order valence-electron chi connectivity index (χ3n) is 2.71. The van der Waals surface area contributed by atoms with E-state index in [1.54, 1.807) is 19.2 Å². The minimum atomic E-state index is -0.0725. The average Bonchev–Trinajstić information content (AvgIpc) is 2.54. The van der Waals surface area contributed by atoms with Crippen LogP contribution in [0.15, 0.2) is 35.3 Å². The van der Waals surface area contributed by atoms with E-state index in [1.807, 2.05) is 25.1 Å². The normalized spacial score (nSPS) is 11.0. The predicted molar refractivity (Wildman–Crippen MR) is 84.6 cm³/mol. The Morgan fingerprint density at radius 3 is 2.43 bits per heavy atom. The van der Waals surface area contributed by atoms with Gasteiger partial charge in [-0.3, -0.25) is 9.79 Å². The van der Waals surface area contributed by atoms with Crippen molar-refractivity contribution in [1.82, 2.24) is 16.0 Å². The van der Waals surface area contributed by atoms with Crippen LogP contribution in [0.2, 0.25) is 0 Å². The Balaban J connectivity index is 2.16. The maximum absolute atomic E-state index is 11.8. The molecule has 0 fully saturated rings. The van der Waals surface area contributed by atoms with E-state index in [0.29, 0.717) is 44.4 Å². The Labute approximate surface area is 126 Å². The van der Waals surface area contributed by atoms with Crippen LogP contribution in [0.5, 0.6) is 0 Å². The van der Waals surface area contributed by atoms with Gasteiger partial charge in [-0.2, -0.15) is 0 Å². The van der Waals surface area contributed by atoms with Crippen LogP contribution in [0.25, 0.3) is 0 Å². The number of hydrogen-bond donors (Lipinski definition) is 3. The SMILES string of the molecule is CCOCCNC(=NC)NCCNC(=O)c1ccccc1. The van der Waals surface area contributed by atoms with Crippen LogP contribution in [0, 0.1) is 0 Å². The Morgan fingerprint density at radius 1 is 1.10 bits per heavy atom. The highest BCUT2D eigenvalue weighted by molar-refractivity contribution is 5.94. The van der Waals surface area contributed by atoms with Crippen molar-refractivity contribution in [3.8, 4) is 0 Å². The Hall–Kier alpha value is -2.08. The van der Waals surface area contributed by atoms with E-state index in [1.165, 1.54) is 0 Å². The summed E-state index contributed by atoms with van der Waals surface area (Å²) in [5, 5.41) is 9.09. The number of nitrogens with zero attached hydrogens (tertiary/aromatic N) is 1. The van der Waals surface area contributed by atoms with Gasteiger partial charge in [-0.05, 0) is 19.1 Å². The number of benzene rings is 1. The number of amides is 1. The molecule has 0 heterocycles. The van der Waals surface area contributed by atoms with Gasteiger partial charge in [-0.15, -0.1) is 0 Å². The van der Waals surface area contributed by atoms with Gasteiger partial charge in [0.1, 0.15) is 0 Å². The highest BCUT2D eigenvalue weighted by atomic mass is 16.5. The summed E-state index contributed by atoms with van der Waals surface area (Å²) in [4.78, 5) is 15.9. The second-order valence-corrected chi connectivity index (χ2v) is 4.24. The fraction of sp³-hybridized carbons (Fsp3) is 0.467. The average molecular weight is 292 g/mol. The topological polar surface area (TPSA) is 74.8 Å². The second kappa shape index (κ2) is 10.7. The van der Waals surface area contributed by atoms with E-state index in [2.05, 4.69) is 20.9 Å². The molecule has 0 unspecified atom stereocenters. The standard InChI is InChI=1S/C15H24N4O2/c1-3-21-12-11-19-15(16-2)18-10-9-17-14(20)13-7-5-4-6-8-13/h4-8H,3,9-12H2,1-2H3,(H,17,20)(H2,16,18,19). The molecule has 0 aliphatic heterocycles. The summed E-state index contributed by atoms with van der Waals surface area (Å²) in [7, 11) is 1.71. The van der Waals surface area contributed by atoms with Crippen LogP contribution < -0.4 is 16.0 Å². The lowest BCUT2D eigenvalue weighted by atomic mass is 10.2. The first-order valence-electron chi connectivity index (χ1n) is 7.13. The molecule has 0 atom stereocenters. The molecular formula is C15H24N4O2. The van der Waals surface area contributed by atoms with E-state index in [-0.39, 0.29) is 5.91 Å². The predicted octanol–water partition coefficient (Wildman–Crippen LogP) is 0.618. The van der Waals surface area contributed by atoms with Gasteiger partial charge in [0.15, 0.2) is 5.96 Å². The van der Waals surface area contributed by atoms with Crippen LogP contribution >= 0.6 is 0 Å². The Bertz CT molecular complexity index is 435. The molecule has 3 N–H and O–H groups in total. The van der Waals surface area contributed by atoms with Gasteiger partial charge in [0, 0.05) is 38.9 Å². The molecule has 116 valence electrons. The number of aliphatic imine (C=N–C) groups is 1. The molecular weight excluding hydrogens is 268 g/mol.